The van der Waals surface area contributed by atoms with Gasteiger partial charge in [0.25, 0.3) is 5.91 Å². The lowest BCUT2D eigenvalue weighted by Crippen LogP contribution is -2.46. The number of carbonyl (C=O) groups excluding carboxylic acids is 2. The number of hydrogen-bond donors (Lipinski definition) is 1. The fourth-order valence-electron chi connectivity index (χ4n) is 3.92. The van der Waals surface area contributed by atoms with Crippen LogP contribution in [0.1, 0.15) is 18.1 Å². The van der Waals surface area contributed by atoms with Gasteiger partial charge in [0, 0.05) is 11.8 Å². The highest BCUT2D eigenvalue weighted by Crippen LogP contribution is 2.36. The van der Waals surface area contributed by atoms with E-state index < -0.39 is 6.10 Å². The predicted octanol–water partition coefficient (Wildman–Crippen LogP) is 4.86. The van der Waals surface area contributed by atoms with Gasteiger partial charge in [-0.25, -0.2) is 0 Å². The van der Waals surface area contributed by atoms with Crippen molar-refractivity contribution < 1.29 is 28.5 Å². The van der Waals surface area contributed by atoms with Crippen LogP contribution < -0.4 is 29.2 Å². The minimum Gasteiger partial charge on any atom is -0.493 e. The maximum absolute atomic E-state index is 12.9. The fraction of sp³-hybridized carbons (Fsp3) is 0.241. The zero-order valence-electron chi connectivity index (χ0n) is 21.3. The van der Waals surface area contributed by atoms with Gasteiger partial charge in [-0.05, 0) is 68.0 Å². The molecule has 3 aromatic rings. The highest BCUT2D eigenvalue weighted by molar-refractivity contribution is 6.04. The van der Waals surface area contributed by atoms with Gasteiger partial charge in [-0.1, -0.05) is 23.8 Å². The average Bonchev–Trinajstić information content (AvgIpc) is 2.90. The lowest BCUT2D eigenvalue weighted by Gasteiger charge is -2.33. The van der Waals surface area contributed by atoms with Gasteiger partial charge in [0.05, 0.1) is 26.5 Å². The third kappa shape index (κ3) is 6.22. The van der Waals surface area contributed by atoms with Crippen LogP contribution in [0.5, 0.6) is 23.0 Å². The summed E-state index contributed by atoms with van der Waals surface area (Å²) < 4.78 is 22.2. The van der Waals surface area contributed by atoms with Gasteiger partial charge in [-0.2, -0.15) is 0 Å². The second kappa shape index (κ2) is 11.5. The second-order valence-electron chi connectivity index (χ2n) is 8.53. The van der Waals surface area contributed by atoms with Crippen LogP contribution in [-0.4, -0.2) is 45.3 Å². The molecule has 1 unspecified atom stereocenters. The number of methoxy groups -OCH3 is 2. The van der Waals surface area contributed by atoms with Gasteiger partial charge in [0.15, 0.2) is 17.6 Å². The van der Waals surface area contributed by atoms with E-state index >= 15 is 0 Å². The molecule has 0 saturated carbocycles. The number of nitrogens with one attached hydrogen (secondary N) is 1. The molecule has 4 rings (SSSR count). The lowest BCUT2D eigenvalue weighted by atomic mass is 10.1. The highest BCUT2D eigenvalue weighted by Gasteiger charge is 2.31. The topological polar surface area (TPSA) is 86.3 Å². The smallest absolute Gasteiger partial charge is 0.267 e. The van der Waals surface area contributed by atoms with Crippen LogP contribution in [-0.2, 0) is 9.59 Å². The number of nitrogens with zero attached hydrogens (tertiary/aromatic N) is 1. The summed E-state index contributed by atoms with van der Waals surface area (Å²) in [5.41, 5.74) is 3.05. The summed E-state index contributed by atoms with van der Waals surface area (Å²) >= 11 is 0. The van der Waals surface area contributed by atoms with Crippen LogP contribution in [0.15, 0.2) is 66.7 Å². The molecule has 1 aliphatic heterocycles. The molecule has 8 heteroatoms. The van der Waals surface area contributed by atoms with Crippen LogP contribution in [0.25, 0.3) is 6.08 Å². The van der Waals surface area contributed by atoms with E-state index in [1.54, 1.807) is 62.5 Å². The lowest BCUT2D eigenvalue weighted by molar-refractivity contribution is -0.125. The van der Waals surface area contributed by atoms with Crippen LogP contribution in [0.2, 0.25) is 0 Å². The van der Waals surface area contributed by atoms with Gasteiger partial charge in [-0.15, -0.1) is 0 Å². The van der Waals surface area contributed by atoms with E-state index in [1.165, 1.54) is 6.08 Å². The SMILES string of the molecule is COc1ccc(/C=C/C(=O)Nc2ccc3c(c2)N(CCOc2ccc(C)cc2)C(=O)C(C)O3)cc1OC. The maximum Gasteiger partial charge on any atom is 0.267 e. The van der Waals surface area contributed by atoms with Gasteiger partial charge >= 0.3 is 0 Å². The van der Waals surface area contributed by atoms with Crippen molar-refractivity contribution in [2.45, 2.75) is 20.0 Å². The molecule has 0 fully saturated rings. The Hall–Kier alpha value is -4.46. The number of carbonyl (C=O) groups is 2. The Morgan fingerprint density at radius 3 is 2.51 bits per heavy atom. The summed E-state index contributed by atoms with van der Waals surface area (Å²) in [6, 6.07) is 18.3. The van der Waals surface area contributed by atoms with E-state index in [2.05, 4.69) is 5.32 Å². The minimum atomic E-state index is -0.614. The van der Waals surface area contributed by atoms with E-state index in [1.807, 2.05) is 37.3 Å². The van der Waals surface area contributed by atoms with E-state index in [9.17, 15) is 9.59 Å². The molecule has 1 heterocycles. The third-order valence-corrected chi connectivity index (χ3v) is 5.87. The normalized spacial score (nSPS) is 14.6. The molecule has 0 radical (unpaired) electrons. The number of rotatable bonds is 9. The van der Waals surface area contributed by atoms with Gasteiger partial charge in [0.1, 0.15) is 18.1 Å². The molecule has 1 aliphatic rings. The number of anilines is 2. The van der Waals surface area contributed by atoms with Crippen molar-refractivity contribution in [3.63, 3.8) is 0 Å². The standard InChI is InChI=1S/C29H30N2O6/c1-19-5-10-23(11-6-19)36-16-15-31-24-18-22(9-13-25(24)37-20(2)29(31)33)30-28(32)14-8-21-7-12-26(34-3)27(17-21)35-4/h5-14,17-18,20H,15-16H2,1-4H3,(H,30,32)/b14-8+. The fourth-order valence-corrected chi connectivity index (χ4v) is 3.92. The maximum atomic E-state index is 12.9. The Bertz CT molecular complexity index is 1300. The molecular weight excluding hydrogens is 472 g/mol. The van der Waals surface area contributed by atoms with E-state index in [0.717, 1.165) is 16.9 Å². The molecule has 192 valence electrons. The number of aryl methyl sites for hydroxylation is 1. The van der Waals surface area contributed by atoms with Gasteiger partial charge < -0.3 is 29.2 Å². The largest absolute Gasteiger partial charge is 0.493 e. The predicted molar refractivity (Wildman–Crippen MR) is 143 cm³/mol. The van der Waals surface area contributed by atoms with Crippen molar-refractivity contribution >= 4 is 29.3 Å². The first-order valence-corrected chi connectivity index (χ1v) is 11.9. The van der Waals surface area contributed by atoms with Gasteiger partial charge in [0.2, 0.25) is 5.91 Å². The van der Waals surface area contributed by atoms with Crippen LogP contribution in [0.3, 0.4) is 0 Å². The molecule has 37 heavy (non-hydrogen) atoms. The molecule has 3 aromatic carbocycles. The average molecular weight is 503 g/mol. The van der Waals surface area contributed by atoms with Crippen molar-refractivity contribution in [1.82, 2.24) is 0 Å². The first-order valence-electron chi connectivity index (χ1n) is 11.9. The van der Waals surface area contributed by atoms with Crippen molar-refractivity contribution in [3.8, 4) is 23.0 Å². The minimum absolute atomic E-state index is 0.170. The van der Waals surface area contributed by atoms with E-state index in [0.29, 0.717) is 41.8 Å². The van der Waals surface area contributed by atoms with E-state index in [4.69, 9.17) is 18.9 Å². The Kier molecular flexibility index (Phi) is 7.98. The third-order valence-electron chi connectivity index (χ3n) is 5.87. The summed E-state index contributed by atoms with van der Waals surface area (Å²) in [5, 5.41) is 2.84. The molecule has 2 amide bonds. The quantitative estimate of drug-likeness (QED) is 0.421. The second-order valence-corrected chi connectivity index (χ2v) is 8.53. The molecule has 0 bridgehead atoms. The molecule has 0 saturated heterocycles. The monoisotopic (exact) mass is 502 g/mol. The van der Waals surface area contributed by atoms with Gasteiger partial charge in [-0.3, -0.25) is 9.59 Å². The number of hydrogen-bond acceptors (Lipinski definition) is 6. The van der Waals surface area contributed by atoms with Crippen LogP contribution in [0, 0.1) is 6.92 Å². The number of fused-ring (bicyclic) bond motifs is 1. The number of amides is 2. The Morgan fingerprint density at radius 2 is 1.78 bits per heavy atom. The molecule has 8 nitrogen and oxygen atoms in total. The highest BCUT2D eigenvalue weighted by atomic mass is 16.5. The number of benzene rings is 3. The zero-order valence-corrected chi connectivity index (χ0v) is 21.3. The first-order chi connectivity index (χ1) is 17.9. The molecule has 0 aromatic heterocycles. The van der Waals surface area contributed by atoms with Crippen LogP contribution in [0.4, 0.5) is 11.4 Å². The van der Waals surface area contributed by atoms with Crippen LogP contribution >= 0.6 is 0 Å². The summed E-state index contributed by atoms with van der Waals surface area (Å²) in [6.45, 7) is 4.38. The Labute approximate surface area is 216 Å². The van der Waals surface area contributed by atoms with Crippen molar-refractivity contribution in [1.29, 1.82) is 0 Å². The summed E-state index contributed by atoms with van der Waals surface area (Å²) in [7, 11) is 3.12. The molecule has 1 N–H and O–H groups in total. The molecule has 0 aliphatic carbocycles. The summed E-state index contributed by atoms with van der Waals surface area (Å²) in [5.74, 6) is 2.00. The van der Waals surface area contributed by atoms with Crippen molar-refractivity contribution in [2.24, 2.45) is 0 Å². The number of ether oxygens (including phenoxy) is 4. The molecular formula is C29H30N2O6. The molecule has 1 atom stereocenters. The van der Waals surface area contributed by atoms with Crippen molar-refractivity contribution in [3.05, 3.63) is 77.9 Å². The molecule has 0 spiro atoms. The first kappa shape index (κ1) is 25.6. The van der Waals surface area contributed by atoms with E-state index in [-0.39, 0.29) is 11.8 Å². The zero-order chi connectivity index (χ0) is 26.4. The Morgan fingerprint density at radius 1 is 1.03 bits per heavy atom. The summed E-state index contributed by atoms with van der Waals surface area (Å²) in [6.07, 6.45) is 2.49. The van der Waals surface area contributed by atoms with Crippen molar-refractivity contribution in [2.75, 3.05) is 37.6 Å². The summed E-state index contributed by atoms with van der Waals surface area (Å²) in [4.78, 5) is 27.1. The Balaban J connectivity index is 1.44.